The first-order chi connectivity index (χ1) is 67.6. The Morgan fingerprint density at radius 3 is 0.607 bits per heavy atom. The highest BCUT2D eigenvalue weighted by Gasteiger charge is 2.61. The van der Waals surface area contributed by atoms with E-state index in [0.29, 0.717) is 55.8 Å². The van der Waals surface area contributed by atoms with Gasteiger partial charge in [0.25, 0.3) is 0 Å². The molecule has 834 valence electrons. The number of hydrogen-bond donors (Lipinski definition) is 0. The van der Waals surface area contributed by atoms with Crippen LogP contribution in [0.3, 0.4) is 0 Å². The quantitative estimate of drug-likeness (QED) is 0.0404. The molecule has 13 saturated carbocycles. The Morgan fingerprint density at radius 1 is 0.214 bits per heavy atom. The maximum Gasteiger partial charge on any atom is 0.344 e. The molecule has 0 saturated heterocycles. The van der Waals surface area contributed by atoms with Crippen LogP contribution in [0.25, 0.3) is 0 Å². The van der Waals surface area contributed by atoms with Crippen LogP contribution in [-0.2, 0) is 133 Å². The monoisotopic (exact) mass is 2050 g/mol. The molecule has 0 aliphatic heterocycles. The van der Waals surface area contributed by atoms with Gasteiger partial charge in [-0.2, -0.15) is 0 Å². The van der Waals surface area contributed by atoms with Gasteiger partial charge < -0.3 is 66.3 Å². The summed E-state index contributed by atoms with van der Waals surface area (Å²) >= 11 is 0. The molecule has 8 bridgehead atoms. The van der Waals surface area contributed by atoms with E-state index in [9.17, 15) is 67.1 Å². The zero-order chi connectivity index (χ0) is 109. The summed E-state index contributed by atoms with van der Waals surface area (Å²) in [5.41, 5.74) is -5.76. The SMILES string of the molecule is CCC(C)(C)C(=O)OCC(=O)OC1(C)CCCC1.CCC(C)(C)C(=O)OCC(=O)OC1(C)CCCCC1.CCC(C)(C)C(=O)OCC(=O)OC1(CC)C2CC3CC(C2)CC1C3.CCC(C)(C)C(=O)OCCC(=O)OC1(C)CCCC1.CCC(C)(C)C(=O)OCCC(=O)OC1(C)CCCCC1.CCC(C)(C)C(=O)OCCC(=O)OC1(CC)C2CC3CC(C2)CC1C3.CCC1(OC(=O)CCOC(=O)C(C)(C)CC)CCCC1. The third-order valence-electron chi connectivity index (χ3n) is 35.0. The Balaban J connectivity index is 0.000000299. The van der Waals surface area contributed by atoms with Gasteiger partial charge in [-0.15, -0.1) is 0 Å². The lowest BCUT2D eigenvalue weighted by atomic mass is 9.49. The van der Waals surface area contributed by atoms with Gasteiger partial charge in [0.15, 0.2) is 19.8 Å². The number of ether oxygens (including phenoxy) is 14. The van der Waals surface area contributed by atoms with Crippen LogP contribution in [0.4, 0.5) is 0 Å². The molecule has 0 aromatic carbocycles. The van der Waals surface area contributed by atoms with E-state index in [0.717, 1.165) is 184 Å². The van der Waals surface area contributed by atoms with Crippen molar-refractivity contribution >= 4 is 83.6 Å². The Bertz CT molecular complexity index is 4070. The average molecular weight is 2050 g/mol. The zero-order valence-electron chi connectivity index (χ0n) is 95.5. The fraction of sp³-hybridized carbons (Fsp3) is 0.880. The summed E-state index contributed by atoms with van der Waals surface area (Å²) in [6.45, 7) is 53.2. The van der Waals surface area contributed by atoms with E-state index in [2.05, 4.69) is 20.8 Å². The van der Waals surface area contributed by atoms with Crippen LogP contribution in [0, 0.1) is 85.2 Å². The minimum absolute atomic E-state index is 0.108. The summed E-state index contributed by atoms with van der Waals surface area (Å²) in [5, 5.41) is 0. The van der Waals surface area contributed by atoms with Gasteiger partial charge in [0.1, 0.15) is 65.6 Å². The van der Waals surface area contributed by atoms with Crippen molar-refractivity contribution in [3.05, 3.63) is 0 Å². The van der Waals surface area contributed by atoms with Crippen LogP contribution in [0.1, 0.15) is 489 Å². The van der Waals surface area contributed by atoms with E-state index in [1.54, 1.807) is 13.8 Å². The number of carbonyl (C=O) groups excluding carboxylic acids is 14. The van der Waals surface area contributed by atoms with Crippen molar-refractivity contribution in [2.45, 2.75) is 528 Å². The zero-order valence-corrected chi connectivity index (χ0v) is 95.5. The molecule has 13 rings (SSSR count). The predicted molar refractivity (Wildman–Crippen MR) is 555 cm³/mol. The molecule has 0 atom stereocenters. The molecule has 0 aromatic rings. The summed E-state index contributed by atoms with van der Waals surface area (Å²) < 4.78 is 75.6. The van der Waals surface area contributed by atoms with Crippen molar-refractivity contribution in [1.29, 1.82) is 0 Å². The second-order valence-corrected chi connectivity index (χ2v) is 49.6. The van der Waals surface area contributed by atoms with Crippen molar-refractivity contribution in [1.82, 2.24) is 0 Å². The van der Waals surface area contributed by atoms with Crippen molar-refractivity contribution in [3.8, 4) is 0 Å². The van der Waals surface area contributed by atoms with E-state index in [-0.39, 0.29) is 183 Å². The van der Waals surface area contributed by atoms with Gasteiger partial charge in [0.05, 0.1) is 63.6 Å². The number of hydrogen-bond acceptors (Lipinski definition) is 28. The molecule has 0 unspecified atom stereocenters. The molecular formula is C117H198O28. The predicted octanol–water partition coefficient (Wildman–Crippen LogP) is 25.2. The Labute approximate surface area is 872 Å². The minimum atomic E-state index is -0.550. The van der Waals surface area contributed by atoms with Crippen molar-refractivity contribution in [3.63, 3.8) is 0 Å². The van der Waals surface area contributed by atoms with Gasteiger partial charge >= 0.3 is 83.6 Å². The maximum atomic E-state index is 12.5. The second-order valence-electron chi connectivity index (χ2n) is 49.6. The number of rotatable bonds is 42. The van der Waals surface area contributed by atoms with E-state index >= 15 is 0 Å². The molecule has 0 heterocycles. The van der Waals surface area contributed by atoms with Gasteiger partial charge in [-0.05, 0) is 429 Å². The molecule has 28 nitrogen and oxygen atoms in total. The normalized spacial score (nSPS) is 24.6. The summed E-state index contributed by atoms with van der Waals surface area (Å²) in [4.78, 5) is 166. The molecule has 13 aliphatic carbocycles. The van der Waals surface area contributed by atoms with Gasteiger partial charge in [-0.25, -0.2) is 14.4 Å². The van der Waals surface area contributed by atoms with Crippen molar-refractivity contribution < 1.29 is 133 Å². The first-order valence-corrected chi connectivity index (χ1v) is 56.4. The Morgan fingerprint density at radius 2 is 0.393 bits per heavy atom. The van der Waals surface area contributed by atoms with Crippen LogP contribution in [0.5, 0.6) is 0 Å². The van der Waals surface area contributed by atoms with E-state index < -0.39 is 49.8 Å². The number of esters is 14. The first-order valence-electron chi connectivity index (χ1n) is 56.4. The topological polar surface area (TPSA) is 368 Å². The molecule has 0 amide bonds. The largest absolute Gasteiger partial charge is 0.465 e. The fourth-order valence-corrected chi connectivity index (χ4v) is 22.1. The highest BCUT2D eigenvalue weighted by atomic mass is 16.6. The maximum absolute atomic E-state index is 12.5. The third kappa shape index (κ3) is 39.7. The van der Waals surface area contributed by atoms with E-state index in [1.807, 2.05) is 159 Å². The van der Waals surface area contributed by atoms with Gasteiger partial charge in [0, 0.05) is 0 Å². The Kier molecular flexibility index (Phi) is 50.5. The molecule has 0 aromatic heterocycles. The summed E-state index contributed by atoms with van der Waals surface area (Å²) in [5.74, 6) is 1.24. The lowest BCUT2D eigenvalue weighted by Crippen LogP contribution is -2.59. The van der Waals surface area contributed by atoms with Crippen LogP contribution in [0.2, 0.25) is 0 Å². The lowest BCUT2D eigenvalue weighted by molar-refractivity contribution is -0.215. The molecule has 13 aliphatic rings. The third-order valence-corrected chi connectivity index (χ3v) is 35.0. The van der Waals surface area contributed by atoms with Crippen LogP contribution < -0.4 is 0 Å². The van der Waals surface area contributed by atoms with Gasteiger partial charge in [0.2, 0.25) is 0 Å². The van der Waals surface area contributed by atoms with Crippen molar-refractivity contribution in [2.75, 3.05) is 46.2 Å². The first kappa shape index (κ1) is 128. The van der Waals surface area contributed by atoms with E-state index in [1.165, 1.54) is 77.0 Å². The molecule has 0 radical (unpaired) electrons. The Hall–Kier alpha value is -7.42. The average Bonchev–Trinajstić information content (AvgIpc) is 1.25. The lowest BCUT2D eigenvalue weighted by Gasteiger charge is -2.60. The summed E-state index contributed by atoms with van der Waals surface area (Å²) in [6, 6.07) is 0. The molecule has 0 spiro atoms. The van der Waals surface area contributed by atoms with Crippen molar-refractivity contribution in [2.24, 2.45) is 85.2 Å². The second kappa shape index (κ2) is 57.2. The van der Waals surface area contributed by atoms with Crippen LogP contribution >= 0.6 is 0 Å². The molecule has 28 heteroatoms. The fourth-order valence-electron chi connectivity index (χ4n) is 22.1. The highest BCUT2D eigenvalue weighted by Crippen LogP contribution is 2.62. The van der Waals surface area contributed by atoms with Gasteiger partial charge in [-0.3, -0.25) is 52.7 Å². The summed E-state index contributed by atoms with van der Waals surface area (Å²) in [6.07, 6.45) is 43.4. The van der Waals surface area contributed by atoms with E-state index in [4.69, 9.17) is 66.3 Å². The molecule has 13 fully saturated rings. The molecular weight excluding hydrogens is 1850 g/mol. The van der Waals surface area contributed by atoms with Gasteiger partial charge in [-0.1, -0.05) is 82.1 Å². The highest BCUT2D eigenvalue weighted by molar-refractivity contribution is 5.83. The molecule has 0 N–H and O–H groups in total. The summed E-state index contributed by atoms with van der Waals surface area (Å²) in [7, 11) is 0. The molecule has 145 heavy (non-hydrogen) atoms. The minimum Gasteiger partial charge on any atom is -0.465 e. The van der Waals surface area contributed by atoms with Crippen LogP contribution in [-0.4, -0.2) is 169 Å². The number of carbonyl (C=O) groups is 14. The van der Waals surface area contributed by atoms with Crippen LogP contribution in [0.15, 0.2) is 0 Å². The standard InChI is InChI=1S/C21H34O4.C20H32O4.2C16H28O4.2C15H26O4.C14H24O4/c1-5-20(3,4)19(23)24-8-7-18(22)25-21(6-2)16-10-14-9-15(12-16)13-17(21)11-14;1-5-19(3,4)18(22)23-12-17(21)24-20(6-2)15-8-13-7-14(10-15)11-16(20)9-13;1-5-15(2,3)14(18)19-12-9-13(17)20-16(4)10-7-6-8-11-16;1-5-15(3,4)14(18)19-12-9-13(17)20-16(6-2)10-7-8-11-16;1-5-14(2,3)13(17)18-11-8-12(16)19-15(4)9-6-7-10-15;1-5-14(2,3)13(17)18-11-12(16)19-15(4)9-7-6-8-10-15;1-5-13(2,3)12(16)17-10-11(15)18-14(4)8-6-7-9-14/h14-17H,5-13H2,1-4H3;13-16H,5-12H2,1-4H3;2*5-12H2,1-4H3;2*5-11H2,1-4H3;5-10H2,1-4H3. The smallest absolute Gasteiger partial charge is 0.344 e.